The molecule has 0 radical (unpaired) electrons. The molecule has 0 aliphatic carbocycles. The van der Waals surface area contributed by atoms with Crippen molar-refractivity contribution in [1.82, 2.24) is 19.9 Å². The molecule has 0 aliphatic heterocycles. The van der Waals surface area contributed by atoms with Crippen LogP contribution in [0.25, 0.3) is 0 Å². The number of rotatable bonds is 5. The number of nitrogens with zero attached hydrogens (tertiary/aromatic N) is 3. The molecule has 0 atom stereocenters. The summed E-state index contributed by atoms with van der Waals surface area (Å²) in [6.07, 6.45) is 5.57. The van der Waals surface area contributed by atoms with Crippen LogP contribution >= 0.6 is 0 Å². The van der Waals surface area contributed by atoms with Crippen molar-refractivity contribution in [3.05, 3.63) is 48.3 Å². The average molecular weight is 216 g/mol. The first-order valence-corrected chi connectivity index (χ1v) is 5.49. The number of aryl methyl sites for hydroxylation is 1. The highest BCUT2D eigenvalue weighted by Gasteiger charge is 1.99. The fraction of sp³-hybridized carbons (Fsp3) is 0.333. The molecule has 4 heteroatoms. The number of aromatic nitrogens is 3. The van der Waals surface area contributed by atoms with Gasteiger partial charge in [-0.3, -0.25) is 4.98 Å². The van der Waals surface area contributed by atoms with Gasteiger partial charge < -0.3 is 9.88 Å². The summed E-state index contributed by atoms with van der Waals surface area (Å²) in [7, 11) is 0. The lowest BCUT2D eigenvalue weighted by molar-refractivity contribution is 0.622. The maximum absolute atomic E-state index is 4.26. The predicted octanol–water partition coefficient (Wildman–Crippen LogP) is 1.59. The van der Waals surface area contributed by atoms with Crippen molar-refractivity contribution in [3.8, 4) is 0 Å². The van der Waals surface area contributed by atoms with Gasteiger partial charge in [-0.2, -0.15) is 0 Å². The summed E-state index contributed by atoms with van der Waals surface area (Å²) in [5.41, 5.74) is 2.27. The second-order valence-corrected chi connectivity index (χ2v) is 3.60. The second-order valence-electron chi connectivity index (χ2n) is 3.60. The zero-order valence-corrected chi connectivity index (χ0v) is 9.43. The molecular weight excluding hydrogens is 200 g/mol. The van der Waals surface area contributed by atoms with Crippen LogP contribution in [0.15, 0.2) is 36.9 Å². The third-order valence-corrected chi connectivity index (χ3v) is 2.48. The van der Waals surface area contributed by atoms with E-state index < -0.39 is 0 Å². The summed E-state index contributed by atoms with van der Waals surface area (Å²) >= 11 is 0. The second kappa shape index (κ2) is 5.42. The molecule has 0 spiro atoms. The van der Waals surface area contributed by atoms with Gasteiger partial charge in [-0.1, -0.05) is 6.07 Å². The van der Waals surface area contributed by atoms with E-state index in [9.17, 15) is 0 Å². The molecule has 2 aromatic heterocycles. The molecule has 2 rings (SSSR count). The van der Waals surface area contributed by atoms with Gasteiger partial charge in [-0.15, -0.1) is 0 Å². The van der Waals surface area contributed by atoms with E-state index in [2.05, 4.69) is 26.8 Å². The fourth-order valence-electron chi connectivity index (χ4n) is 1.60. The minimum Gasteiger partial charge on any atom is -0.334 e. The van der Waals surface area contributed by atoms with Crippen LogP contribution in [0.1, 0.15) is 18.3 Å². The monoisotopic (exact) mass is 216 g/mol. The van der Waals surface area contributed by atoms with Gasteiger partial charge in [0.15, 0.2) is 0 Å². The highest BCUT2D eigenvalue weighted by molar-refractivity contribution is 5.04. The van der Waals surface area contributed by atoms with Gasteiger partial charge in [0.05, 0.1) is 17.7 Å². The summed E-state index contributed by atoms with van der Waals surface area (Å²) in [6, 6.07) is 5.94. The molecule has 2 heterocycles. The van der Waals surface area contributed by atoms with Crippen LogP contribution in [0.5, 0.6) is 0 Å². The Balaban J connectivity index is 1.85. The van der Waals surface area contributed by atoms with Crippen LogP contribution in [-0.4, -0.2) is 14.5 Å². The average Bonchev–Trinajstić information content (AvgIpc) is 2.78. The summed E-state index contributed by atoms with van der Waals surface area (Å²) in [6.45, 7) is 4.69. The van der Waals surface area contributed by atoms with Gasteiger partial charge in [-0.25, -0.2) is 4.98 Å². The van der Waals surface area contributed by atoms with Gasteiger partial charge in [0, 0.05) is 32.0 Å². The van der Waals surface area contributed by atoms with Crippen LogP contribution in [0.4, 0.5) is 0 Å². The summed E-state index contributed by atoms with van der Waals surface area (Å²) in [5, 5.41) is 3.36. The summed E-state index contributed by atoms with van der Waals surface area (Å²) in [5.74, 6) is 0. The van der Waals surface area contributed by atoms with Gasteiger partial charge in [0.25, 0.3) is 0 Å². The van der Waals surface area contributed by atoms with Gasteiger partial charge >= 0.3 is 0 Å². The van der Waals surface area contributed by atoms with Gasteiger partial charge in [0.2, 0.25) is 0 Å². The van der Waals surface area contributed by atoms with E-state index in [1.54, 1.807) is 0 Å². The van der Waals surface area contributed by atoms with Crippen molar-refractivity contribution >= 4 is 0 Å². The highest BCUT2D eigenvalue weighted by Crippen LogP contribution is 1.99. The minimum atomic E-state index is 0.787. The normalized spacial score (nSPS) is 10.6. The molecule has 0 aliphatic rings. The molecule has 0 aromatic carbocycles. The Morgan fingerprint density at radius 2 is 2.25 bits per heavy atom. The van der Waals surface area contributed by atoms with Gasteiger partial charge in [-0.05, 0) is 19.1 Å². The molecule has 2 aromatic rings. The molecule has 0 saturated carbocycles. The first-order chi connectivity index (χ1) is 7.90. The Morgan fingerprint density at radius 1 is 1.31 bits per heavy atom. The highest BCUT2D eigenvalue weighted by atomic mass is 15.1. The lowest BCUT2D eigenvalue weighted by Crippen LogP contribution is -2.16. The lowest BCUT2D eigenvalue weighted by Gasteiger charge is -2.06. The Labute approximate surface area is 95.4 Å². The predicted molar refractivity (Wildman–Crippen MR) is 62.7 cm³/mol. The van der Waals surface area contributed by atoms with E-state index in [0.717, 1.165) is 25.3 Å². The van der Waals surface area contributed by atoms with E-state index in [0.29, 0.717) is 0 Å². The van der Waals surface area contributed by atoms with Crippen molar-refractivity contribution in [2.75, 3.05) is 0 Å². The Morgan fingerprint density at radius 3 is 3.00 bits per heavy atom. The number of nitrogens with one attached hydrogen (secondary N) is 1. The maximum atomic E-state index is 4.26. The number of pyridine rings is 1. The van der Waals surface area contributed by atoms with Crippen LogP contribution in [-0.2, 0) is 19.6 Å². The van der Waals surface area contributed by atoms with Crippen LogP contribution in [0.2, 0.25) is 0 Å². The van der Waals surface area contributed by atoms with Crippen molar-refractivity contribution in [2.45, 2.75) is 26.6 Å². The summed E-state index contributed by atoms with van der Waals surface area (Å²) in [4.78, 5) is 8.38. The van der Waals surface area contributed by atoms with Gasteiger partial charge in [0.1, 0.15) is 0 Å². The lowest BCUT2D eigenvalue weighted by atomic mass is 10.3. The molecule has 4 nitrogen and oxygen atoms in total. The standard InChI is InChI=1S/C12H16N4/c1-2-16-10-14-9-12(16)8-13-7-11-5-3-4-6-15-11/h3-6,9-10,13H,2,7-8H2,1H3. The third-order valence-electron chi connectivity index (χ3n) is 2.48. The molecular formula is C12H16N4. The molecule has 0 fully saturated rings. The Bertz CT molecular complexity index is 422. The van der Waals surface area contributed by atoms with Crippen molar-refractivity contribution < 1.29 is 0 Å². The number of hydrogen-bond acceptors (Lipinski definition) is 3. The molecule has 16 heavy (non-hydrogen) atoms. The molecule has 0 unspecified atom stereocenters. The number of hydrogen-bond donors (Lipinski definition) is 1. The molecule has 1 N–H and O–H groups in total. The summed E-state index contributed by atoms with van der Waals surface area (Å²) < 4.78 is 2.13. The quantitative estimate of drug-likeness (QED) is 0.825. The molecule has 84 valence electrons. The molecule has 0 amide bonds. The van der Waals surface area contributed by atoms with Crippen molar-refractivity contribution in [3.63, 3.8) is 0 Å². The Kier molecular flexibility index (Phi) is 3.66. The van der Waals surface area contributed by atoms with Crippen molar-refractivity contribution in [2.24, 2.45) is 0 Å². The maximum Gasteiger partial charge on any atom is 0.0948 e. The van der Waals surface area contributed by atoms with Crippen LogP contribution in [0, 0.1) is 0 Å². The van der Waals surface area contributed by atoms with Crippen LogP contribution in [0.3, 0.4) is 0 Å². The Hall–Kier alpha value is -1.68. The van der Waals surface area contributed by atoms with E-state index in [1.165, 1.54) is 5.69 Å². The van der Waals surface area contributed by atoms with E-state index >= 15 is 0 Å². The SMILES string of the molecule is CCn1cncc1CNCc1ccccn1. The van der Waals surface area contributed by atoms with E-state index in [1.807, 2.05) is 36.9 Å². The zero-order valence-electron chi connectivity index (χ0n) is 9.43. The fourth-order valence-corrected chi connectivity index (χ4v) is 1.60. The van der Waals surface area contributed by atoms with Crippen molar-refractivity contribution in [1.29, 1.82) is 0 Å². The van der Waals surface area contributed by atoms with E-state index in [-0.39, 0.29) is 0 Å². The molecule has 0 bridgehead atoms. The zero-order chi connectivity index (χ0) is 11.2. The topological polar surface area (TPSA) is 42.7 Å². The minimum absolute atomic E-state index is 0.787. The first kappa shape index (κ1) is 10.8. The van der Waals surface area contributed by atoms with Crippen LogP contribution < -0.4 is 5.32 Å². The third kappa shape index (κ3) is 2.67. The van der Waals surface area contributed by atoms with E-state index in [4.69, 9.17) is 0 Å². The largest absolute Gasteiger partial charge is 0.334 e. The smallest absolute Gasteiger partial charge is 0.0948 e. The number of imidazole rings is 1. The first-order valence-electron chi connectivity index (χ1n) is 5.49. The molecule has 0 saturated heterocycles.